The summed E-state index contributed by atoms with van der Waals surface area (Å²) >= 11 is 6.18. The van der Waals surface area contributed by atoms with Crippen LogP contribution in [0.4, 0.5) is 9.18 Å². The summed E-state index contributed by atoms with van der Waals surface area (Å²) in [7, 11) is 1.35. The molecule has 2 saturated heterocycles. The molecule has 184 valence electrons. The van der Waals surface area contributed by atoms with E-state index in [-0.39, 0.29) is 12.0 Å². The van der Waals surface area contributed by atoms with E-state index in [9.17, 15) is 9.59 Å². The van der Waals surface area contributed by atoms with Crippen molar-refractivity contribution in [2.24, 2.45) is 0 Å². The summed E-state index contributed by atoms with van der Waals surface area (Å²) in [5.74, 6) is -0.681. The molecule has 2 amide bonds. The molecule has 4 heterocycles. The summed E-state index contributed by atoms with van der Waals surface area (Å²) in [6, 6.07) is 7.98. The lowest BCUT2D eigenvalue weighted by molar-refractivity contribution is -0.0241. The molecule has 0 bridgehead atoms. The monoisotopic (exact) mass is 500 g/mol. The van der Waals surface area contributed by atoms with Crippen LogP contribution in [0.1, 0.15) is 28.9 Å². The van der Waals surface area contributed by atoms with E-state index in [1.54, 1.807) is 40.3 Å². The van der Waals surface area contributed by atoms with Crippen LogP contribution in [0, 0.1) is 5.82 Å². The molecule has 10 heteroatoms. The van der Waals surface area contributed by atoms with Crippen LogP contribution >= 0.6 is 11.6 Å². The third-order valence-corrected chi connectivity index (χ3v) is 6.78. The van der Waals surface area contributed by atoms with Crippen LogP contribution in [0.25, 0.3) is 16.9 Å². The number of benzene rings is 1. The second-order valence-corrected chi connectivity index (χ2v) is 9.22. The molecule has 2 fully saturated rings. The zero-order valence-corrected chi connectivity index (χ0v) is 20.1. The van der Waals surface area contributed by atoms with Gasteiger partial charge in [0.25, 0.3) is 5.91 Å². The summed E-state index contributed by atoms with van der Waals surface area (Å²) in [6.07, 6.45) is 3.38. The number of fused-ring (bicyclic) bond motifs is 1. The summed E-state index contributed by atoms with van der Waals surface area (Å²) in [4.78, 5) is 32.8. The Morgan fingerprint density at radius 2 is 1.97 bits per heavy atom. The van der Waals surface area contributed by atoms with Gasteiger partial charge in [0, 0.05) is 54.5 Å². The number of ether oxygens (including phenoxy) is 2. The van der Waals surface area contributed by atoms with Gasteiger partial charge in [-0.2, -0.15) is 0 Å². The van der Waals surface area contributed by atoms with E-state index < -0.39 is 11.9 Å². The summed E-state index contributed by atoms with van der Waals surface area (Å²) in [5, 5.41) is 0.512. The van der Waals surface area contributed by atoms with E-state index in [4.69, 9.17) is 21.1 Å². The van der Waals surface area contributed by atoms with Gasteiger partial charge in [0.05, 0.1) is 37.8 Å². The molecule has 0 N–H and O–H groups in total. The highest BCUT2D eigenvalue weighted by Gasteiger charge is 2.28. The average molecular weight is 501 g/mol. The number of hydrogen-bond acceptors (Lipinski definition) is 5. The van der Waals surface area contributed by atoms with Gasteiger partial charge in [0.1, 0.15) is 11.5 Å². The summed E-state index contributed by atoms with van der Waals surface area (Å²) < 4.78 is 28.0. The standard InChI is InChI=1S/C25H26ClFN4O4/c1-34-25(33)30-10-11-35-18(15-30)14-21-23(28-22-13-17(26)6-9-31(21)22)19-5-4-16(12-20(19)27)24(32)29-7-2-3-8-29/h4-6,9,12-13,18H,2-3,7-8,10-11,14-15H2,1H3/t18-/m0/s1. The van der Waals surface area contributed by atoms with Crippen LogP contribution in [-0.4, -0.2) is 77.2 Å². The molecule has 2 aliphatic heterocycles. The third-order valence-electron chi connectivity index (χ3n) is 6.54. The van der Waals surface area contributed by atoms with Gasteiger partial charge in [0.2, 0.25) is 0 Å². The number of morpholine rings is 1. The molecule has 1 aromatic carbocycles. The first-order valence-corrected chi connectivity index (χ1v) is 12.0. The van der Waals surface area contributed by atoms with E-state index in [1.165, 1.54) is 13.2 Å². The number of hydrogen-bond donors (Lipinski definition) is 0. The van der Waals surface area contributed by atoms with Gasteiger partial charge >= 0.3 is 6.09 Å². The molecule has 35 heavy (non-hydrogen) atoms. The van der Waals surface area contributed by atoms with E-state index in [0.29, 0.717) is 66.7 Å². The first kappa shape index (κ1) is 23.6. The van der Waals surface area contributed by atoms with Gasteiger partial charge < -0.3 is 23.7 Å². The molecule has 0 spiro atoms. The Hall–Kier alpha value is -3.17. The first-order valence-electron chi connectivity index (χ1n) is 11.6. The van der Waals surface area contributed by atoms with Crippen molar-refractivity contribution in [2.45, 2.75) is 25.4 Å². The minimum Gasteiger partial charge on any atom is -0.453 e. The van der Waals surface area contributed by atoms with Crippen molar-refractivity contribution in [3.8, 4) is 11.3 Å². The van der Waals surface area contributed by atoms with E-state index in [1.807, 2.05) is 4.40 Å². The smallest absolute Gasteiger partial charge is 0.409 e. The number of rotatable bonds is 4. The molecule has 2 aliphatic rings. The molecule has 0 aliphatic carbocycles. The lowest BCUT2D eigenvalue weighted by atomic mass is 10.0. The number of amides is 2. The van der Waals surface area contributed by atoms with Crippen molar-refractivity contribution in [1.82, 2.24) is 19.2 Å². The number of methoxy groups -OCH3 is 1. The number of carbonyl (C=O) groups is 2. The molecular formula is C25H26ClFN4O4. The van der Waals surface area contributed by atoms with Crippen molar-refractivity contribution in [3.63, 3.8) is 0 Å². The third kappa shape index (κ3) is 4.70. The summed E-state index contributed by atoms with van der Waals surface area (Å²) in [5.41, 5.74) is 2.36. The highest BCUT2D eigenvalue weighted by molar-refractivity contribution is 6.30. The van der Waals surface area contributed by atoms with Gasteiger partial charge in [-0.25, -0.2) is 14.2 Å². The minimum atomic E-state index is -0.522. The maximum atomic E-state index is 15.4. The SMILES string of the molecule is COC(=O)N1CCO[C@@H](Cc2c(-c3ccc(C(=O)N4CCCC4)cc3F)nc3cc(Cl)ccn23)C1. The van der Waals surface area contributed by atoms with Gasteiger partial charge in [-0.1, -0.05) is 11.6 Å². The zero-order chi connectivity index (χ0) is 24.5. The van der Waals surface area contributed by atoms with Crippen molar-refractivity contribution in [2.75, 3.05) is 39.9 Å². The Bertz CT molecular complexity index is 1270. The first-order chi connectivity index (χ1) is 16.9. The maximum Gasteiger partial charge on any atom is 0.409 e. The number of halogens is 2. The molecule has 3 aromatic rings. The Labute approximate surface area is 207 Å². The fourth-order valence-electron chi connectivity index (χ4n) is 4.78. The van der Waals surface area contributed by atoms with E-state index in [0.717, 1.165) is 18.5 Å². The predicted molar refractivity (Wildman–Crippen MR) is 128 cm³/mol. The zero-order valence-electron chi connectivity index (χ0n) is 19.4. The predicted octanol–water partition coefficient (Wildman–Crippen LogP) is 4.04. The fraction of sp³-hybridized carbons (Fsp3) is 0.400. The quantitative estimate of drug-likeness (QED) is 0.540. The number of pyridine rings is 1. The van der Waals surface area contributed by atoms with Gasteiger partial charge in [0.15, 0.2) is 0 Å². The van der Waals surface area contributed by atoms with Crippen molar-refractivity contribution in [3.05, 3.63) is 58.6 Å². The van der Waals surface area contributed by atoms with Crippen molar-refractivity contribution in [1.29, 1.82) is 0 Å². The maximum absolute atomic E-state index is 15.4. The minimum absolute atomic E-state index is 0.159. The van der Waals surface area contributed by atoms with E-state index >= 15 is 4.39 Å². The van der Waals surface area contributed by atoms with Gasteiger partial charge in [-0.3, -0.25) is 4.79 Å². The molecule has 8 nitrogen and oxygen atoms in total. The van der Waals surface area contributed by atoms with Crippen molar-refractivity contribution < 1.29 is 23.5 Å². The largest absolute Gasteiger partial charge is 0.453 e. The topological polar surface area (TPSA) is 76.4 Å². The Kier molecular flexibility index (Phi) is 6.62. The Morgan fingerprint density at radius 3 is 2.71 bits per heavy atom. The fourth-order valence-corrected chi connectivity index (χ4v) is 4.93. The molecule has 0 radical (unpaired) electrons. The molecule has 0 unspecified atom stereocenters. The number of likely N-dealkylation sites (tertiary alicyclic amines) is 1. The highest BCUT2D eigenvalue weighted by Crippen LogP contribution is 2.31. The second-order valence-electron chi connectivity index (χ2n) is 8.79. The van der Waals surface area contributed by atoms with E-state index in [2.05, 4.69) is 4.98 Å². The Balaban J connectivity index is 1.50. The molecule has 0 saturated carbocycles. The lowest BCUT2D eigenvalue weighted by Crippen LogP contribution is -2.46. The van der Waals surface area contributed by atoms with Crippen LogP contribution in [0.5, 0.6) is 0 Å². The molecule has 5 rings (SSSR count). The molecular weight excluding hydrogens is 475 g/mol. The summed E-state index contributed by atoms with van der Waals surface area (Å²) in [6.45, 7) is 2.56. The Morgan fingerprint density at radius 1 is 1.17 bits per heavy atom. The van der Waals surface area contributed by atoms with Crippen LogP contribution in [-0.2, 0) is 15.9 Å². The van der Waals surface area contributed by atoms with Crippen LogP contribution in [0.15, 0.2) is 36.5 Å². The van der Waals surface area contributed by atoms with Gasteiger partial charge in [-0.05, 0) is 37.1 Å². The molecule has 1 atom stereocenters. The normalized spacial score (nSPS) is 18.3. The number of carbonyl (C=O) groups excluding carboxylic acids is 2. The van der Waals surface area contributed by atoms with Crippen LogP contribution in [0.2, 0.25) is 5.02 Å². The average Bonchev–Trinajstić information content (AvgIpc) is 3.52. The lowest BCUT2D eigenvalue weighted by Gasteiger charge is -2.32. The number of aromatic nitrogens is 2. The molecule has 2 aromatic heterocycles. The van der Waals surface area contributed by atoms with Crippen molar-refractivity contribution >= 4 is 29.2 Å². The highest BCUT2D eigenvalue weighted by atomic mass is 35.5. The second kappa shape index (κ2) is 9.83. The number of nitrogens with zero attached hydrogens (tertiary/aromatic N) is 4. The van der Waals surface area contributed by atoms with Gasteiger partial charge in [-0.15, -0.1) is 0 Å². The van der Waals surface area contributed by atoms with Crippen LogP contribution < -0.4 is 0 Å². The van der Waals surface area contributed by atoms with Crippen LogP contribution in [0.3, 0.4) is 0 Å². The number of imidazole rings is 1.